The van der Waals surface area contributed by atoms with Crippen molar-refractivity contribution in [2.24, 2.45) is 16.0 Å². The number of carbonyl (C=O) groups is 1. The van der Waals surface area contributed by atoms with Crippen LogP contribution in [0.3, 0.4) is 0 Å². The Morgan fingerprint density at radius 1 is 1.32 bits per heavy atom. The molecule has 1 atom stereocenters. The Labute approximate surface area is 142 Å². The van der Waals surface area contributed by atoms with Gasteiger partial charge in [0.1, 0.15) is 11.7 Å². The molecule has 3 N–H and O–H groups in total. The molecule has 0 radical (unpaired) electrons. The van der Waals surface area contributed by atoms with Crippen LogP contribution in [0.4, 0.5) is 17.2 Å². The van der Waals surface area contributed by atoms with Crippen molar-refractivity contribution in [1.82, 2.24) is 9.78 Å². The number of nitrogens with two attached hydrogens (primary N) is 1. The van der Waals surface area contributed by atoms with Gasteiger partial charge in [0.15, 0.2) is 17.4 Å². The van der Waals surface area contributed by atoms with Gasteiger partial charge < -0.3 is 10.8 Å². The van der Waals surface area contributed by atoms with Crippen LogP contribution in [0.25, 0.3) is 15.6 Å². The second-order valence-electron chi connectivity index (χ2n) is 5.57. The quantitative estimate of drug-likeness (QED) is 0.665. The van der Waals surface area contributed by atoms with Crippen molar-refractivity contribution in [2.75, 3.05) is 6.54 Å². The summed E-state index contributed by atoms with van der Waals surface area (Å²) < 4.78 is 1.30. The van der Waals surface area contributed by atoms with Gasteiger partial charge in [-0.3, -0.25) is 4.79 Å². The first kappa shape index (κ1) is 15.0. The van der Waals surface area contributed by atoms with E-state index in [1.54, 1.807) is 18.2 Å². The Balaban J connectivity index is 2.10. The van der Waals surface area contributed by atoms with Gasteiger partial charge in [-0.2, -0.15) is 5.10 Å². The molecule has 1 aliphatic rings. The average molecular weight is 332 g/mol. The minimum atomic E-state index is -0.896. The molecule has 0 aliphatic carbocycles. The molecule has 1 aliphatic heterocycles. The highest BCUT2D eigenvalue weighted by atomic mass is 16.3. The maximum atomic E-state index is 13.2. The average Bonchev–Trinajstić information content (AvgIpc) is 3.03. The molecular formula is C17H12N6O2. The summed E-state index contributed by atoms with van der Waals surface area (Å²) in [5.41, 5.74) is 6.27. The predicted molar refractivity (Wildman–Crippen MR) is 90.7 cm³/mol. The van der Waals surface area contributed by atoms with Crippen LogP contribution in [0.5, 0.6) is 5.75 Å². The van der Waals surface area contributed by atoms with Crippen molar-refractivity contribution in [1.29, 1.82) is 0 Å². The van der Waals surface area contributed by atoms with Crippen molar-refractivity contribution in [3.05, 3.63) is 53.5 Å². The zero-order chi connectivity index (χ0) is 17.6. The Bertz CT molecular complexity index is 1090. The lowest BCUT2D eigenvalue weighted by Crippen LogP contribution is -2.28. The van der Waals surface area contributed by atoms with E-state index in [-0.39, 0.29) is 35.1 Å². The number of benzene rings is 2. The lowest BCUT2D eigenvalue weighted by molar-refractivity contribution is 0.0922. The number of nitrogens with zero attached hydrogens (tertiary/aromatic N) is 5. The van der Waals surface area contributed by atoms with Crippen molar-refractivity contribution in [2.45, 2.75) is 6.04 Å². The molecule has 8 heteroatoms. The van der Waals surface area contributed by atoms with Gasteiger partial charge in [0, 0.05) is 6.54 Å². The first-order valence-corrected chi connectivity index (χ1v) is 7.51. The molecule has 1 unspecified atom stereocenters. The topological polar surface area (TPSA) is 110 Å². The summed E-state index contributed by atoms with van der Waals surface area (Å²) in [6.45, 7) is 7.17. The third-order valence-electron chi connectivity index (χ3n) is 4.19. The van der Waals surface area contributed by atoms with Gasteiger partial charge in [-0.25, -0.2) is 9.53 Å². The van der Waals surface area contributed by atoms with Crippen molar-refractivity contribution in [3.63, 3.8) is 0 Å². The number of hydrogen-bond donors (Lipinski definition) is 2. The number of fused-ring (bicyclic) bond motifs is 5. The van der Waals surface area contributed by atoms with E-state index in [2.05, 4.69) is 20.2 Å². The standard InChI is InChI=1S/C17H12N6O2/c1-19-12-8-20-23-13(7-18)16(25)14-10-5-3-2-4-9(10)6-11(15(14)24)21-22-17(12)23/h2-6,8,13,24H,7,18H2. The molecule has 0 saturated carbocycles. The second kappa shape index (κ2) is 5.51. The van der Waals surface area contributed by atoms with E-state index in [4.69, 9.17) is 12.3 Å². The molecule has 4 rings (SSSR count). The van der Waals surface area contributed by atoms with Gasteiger partial charge >= 0.3 is 0 Å². The van der Waals surface area contributed by atoms with E-state index >= 15 is 0 Å². The lowest BCUT2D eigenvalue weighted by Gasteiger charge is -2.17. The molecule has 0 saturated heterocycles. The summed E-state index contributed by atoms with van der Waals surface area (Å²) in [5, 5.41) is 24.1. The molecule has 0 spiro atoms. The van der Waals surface area contributed by atoms with Gasteiger partial charge in [0.2, 0.25) is 0 Å². The lowest BCUT2D eigenvalue weighted by atomic mass is 9.95. The third-order valence-corrected chi connectivity index (χ3v) is 4.19. The number of ketones is 1. The number of aromatic hydroxyl groups is 1. The fourth-order valence-electron chi connectivity index (χ4n) is 2.98. The molecule has 1 aromatic heterocycles. The summed E-state index contributed by atoms with van der Waals surface area (Å²) in [5.74, 6) is -0.503. The molecule has 8 nitrogen and oxygen atoms in total. The number of hydrogen-bond acceptors (Lipinski definition) is 6. The van der Waals surface area contributed by atoms with Gasteiger partial charge in [0.05, 0.1) is 18.3 Å². The molecule has 122 valence electrons. The highest BCUT2D eigenvalue weighted by Crippen LogP contribution is 2.42. The molecule has 2 heterocycles. The summed E-state index contributed by atoms with van der Waals surface area (Å²) in [4.78, 5) is 16.5. The molecule has 0 amide bonds. The van der Waals surface area contributed by atoms with Crippen molar-refractivity contribution < 1.29 is 9.90 Å². The monoisotopic (exact) mass is 332 g/mol. The van der Waals surface area contributed by atoms with Crippen molar-refractivity contribution >= 4 is 33.7 Å². The summed E-state index contributed by atoms with van der Waals surface area (Å²) in [7, 11) is 0. The Morgan fingerprint density at radius 2 is 2.12 bits per heavy atom. The first-order chi connectivity index (χ1) is 12.2. The minimum absolute atomic E-state index is 0.0571. The van der Waals surface area contributed by atoms with E-state index in [0.717, 1.165) is 5.39 Å². The van der Waals surface area contributed by atoms with E-state index in [1.807, 2.05) is 12.1 Å². The molecule has 0 fully saturated rings. The molecular weight excluding hydrogens is 320 g/mol. The number of carbonyl (C=O) groups excluding carboxylic acids is 1. The van der Waals surface area contributed by atoms with E-state index in [9.17, 15) is 9.90 Å². The van der Waals surface area contributed by atoms with Crippen LogP contribution in [-0.4, -0.2) is 27.2 Å². The summed E-state index contributed by atoms with van der Waals surface area (Å²) in [6.07, 6.45) is 1.32. The van der Waals surface area contributed by atoms with Crippen molar-refractivity contribution in [3.8, 4) is 5.75 Å². The summed E-state index contributed by atoms with van der Waals surface area (Å²) >= 11 is 0. The molecule has 25 heavy (non-hydrogen) atoms. The van der Waals surface area contributed by atoms with Gasteiger partial charge in [-0.05, 0) is 16.8 Å². The minimum Gasteiger partial charge on any atom is -0.505 e. The zero-order valence-electron chi connectivity index (χ0n) is 12.9. The highest BCUT2D eigenvalue weighted by Gasteiger charge is 2.31. The van der Waals surface area contributed by atoms with Gasteiger partial charge in [-0.15, -0.1) is 10.2 Å². The van der Waals surface area contributed by atoms with Crippen LogP contribution < -0.4 is 5.73 Å². The Morgan fingerprint density at radius 3 is 2.88 bits per heavy atom. The van der Waals surface area contributed by atoms with Crippen LogP contribution in [0.15, 0.2) is 46.8 Å². The zero-order valence-corrected chi connectivity index (χ0v) is 12.9. The van der Waals surface area contributed by atoms with Crippen LogP contribution in [-0.2, 0) is 0 Å². The molecule has 2 aromatic carbocycles. The Hall–Kier alpha value is -3.57. The van der Waals surface area contributed by atoms with Crippen LogP contribution in [0.1, 0.15) is 16.4 Å². The fraction of sp³-hybridized carbons (Fsp3) is 0.118. The predicted octanol–water partition coefficient (Wildman–Crippen LogP) is 3.40. The summed E-state index contributed by atoms with van der Waals surface area (Å²) in [6, 6.07) is 7.94. The molecule has 2 bridgehead atoms. The van der Waals surface area contributed by atoms with Gasteiger partial charge in [0.25, 0.3) is 5.69 Å². The van der Waals surface area contributed by atoms with E-state index in [0.29, 0.717) is 5.39 Å². The number of aromatic nitrogens is 2. The number of rotatable bonds is 1. The Kier molecular flexibility index (Phi) is 3.30. The number of azo groups is 1. The highest BCUT2D eigenvalue weighted by molar-refractivity contribution is 6.14. The van der Waals surface area contributed by atoms with Crippen LogP contribution in [0, 0.1) is 6.57 Å². The third kappa shape index (κ3) is 2.10. The number of Topliss-reactive ketones (excluding diaryl/α,β-unsaturated/α-hetero) is 1. The largest absolute Gasteiger partial charge is 0.505 e. The van der Waals surface area contributed by atoms with E-state index < -0.39 is 11.8 Å². The fourth-order valence-corrected chi connectivity index (χ4v) is 2.98. The molecule has 3 aromatic rings. The number of phenolic OH excluding ortho intramolecular Hbond substituents is 1. The van der Waals surface area contributed by atoms with Crippen LogP contribution in [0.2, 0.25) is 0 Å². The SMILES string of the molecule is [C-]#[N+]c1cnn2c1N=Nc1cc3ccccc3c(c1O)C(=O)C2CN. The smallest absolute Gasteiger partial charge is 0.251 e. The normalized spacial score (nSPS) is 16.0. The van der Waals surface area contributed by atoms with E-state index in [1.165, 1.54) is 10.9 Å². The van der Waals surface area contributed by atoms with Gasteiger partial charge in [-0.1, -0.05) is 24.3 Å². The maximum Gasteiger partial charge on any atom is 0.251 e. The van der Waals surface area contributed by atoms with Crippen LogP contribution >= 0.6 is 0 Å². The number of phenols is 1. The second-order valence-corrected chi connectivity index (χ2v) is 5.57. The maximum absolute atomic E-state index is 13.2. The first-order valence-electron chi connectivity index (χ1n) is 7.51.